The third kappa shape index (κ3) is 1.83. The number of halogens is 3. The first kappa shape index (κ1) is 11.3. The molecule has 0 bridgehead atoms. The summed E-state index contributed by atoms with van der Waals surface area (Å²) in [6.45, 7) is 0.267. The van der Waals surface area contributed by atoms with Gasteiger partial charge in [-0.25, -0.2) is 0 Å². The summed E-state index contributed by atoms with van der Waals surface area (Å²) in [5.74, 6) is -6.74. The predicted octanol–water partition coefficient (Wildman–Crippen LogP) is -0.244. The fourth-order valence-corrected chi connectivity index (χ4v) is 1.35. The fraction of sp³-hybridized carbons (Fsp3) is 0.857. The van der Waals surface area contributed by atoms with Crippen molar-refractivity contribution >= 4 is 5.91 Å². The van der Waals surface area contributed by atoms with E-state index in [4.69, 9.17) is 10.2 Å². The Hall–Kier alpha value is -0.820. The molecule has 1 fully saturated rings. The van der Waals surface area contributed by atoms with Crippen LogP contribution in [0.25, 0.3) is 0 Å². The van der Waals surface area contributed by atoms with E-state index in [0.29, 0.717) is 6.42 Å². The number of aliphatic hydroxyl groups is 2. The van der Waals surface area contributed by atoms with Crippen molar-refractivity contribution in [2.24, 2.45) is 5.92 Å². The molecule has 7 heteroatoms. The van der Waals surface area contributed by atoms with E-state index in [2.05, 4.69) is 5.32 Å². The molecule has 0 aromatic heterocycles. The van der Waals surface area contributed by atoms with E-state index < -0.39 is 23.8 Å². The molecule has 0 aromatic rings. The minimum atomic E-state index is -5.22. The van der Waals surface area contributed by atoms with Gasteiger partial charge < -0.3 is 15.5 Å². The number of rotatable bonds is 1. The topological polar surface area (TPSA) is 69.6 Å². The van der Waals surface area contributed by atoms with E-state index in [1.165, 1.54) is 0 Å². The molecule has 0 aromatic carbocycles. The molecule has 1 saturated heterocycles. The lowest BCUT2D eigenvalue weighted by Gasteiger charge is -2.34. The summed E-state index contributed by atoms with van der Waals surface area (Å²) in [5, 5.41) is 19.8. The van der Waals surface area contributed by atoms with E-state index in [-0.39, 0.29) is 13.0 Å². The first-order valence-electron chi connectivity index (χ1n) is 4.06. The monoisotopic (exact) mass is 213 g/mol. The van der Waals surface area contributed by atoms with Crippen LogP contribution in [0.4, 0.5) is 13.2 Å². The van der Waals surface area contributed by atoms with Gasteiger partial charge in [-0.1, -0.05) is 0 Å². The minimum absolute atomic E-state index is 0.182. The Morgan fingerprint density at radius 1 is 1.36 bits per heavy atom. The molecule has 0 spiro atoms. The molecular weight excluding hydrogens is 203 g/mol. The van der Waals surface area contributed by atoms with Crippen LogP contribution >= 0.6 is 0 Å². The van der Waals surface area contributed by atoms with Gasteiger partial charge in [-0.2, -0.15) is 13.2 Å². The van der Waals surface area contributed by atoms with Crippen molar-refractivity contribution in [2.75, 3.05) is 6.54 Å². The van der Waals surface area contributed by atoms with Gasteiger partial charge in [0.25, 0.3) is 5.79 Å². The van der Waals surface area contributed by atoms with E-state index in [1.807, 2.05) is 0 Å². The summed E-state index contributed by atoms with van der Waals surface area (Å²) < 4.78 is 36.3. The zero-order valence-electron chi connectivity index (χ0n) is 7.14. The van der Waals surface area contributed by atoms with Crippen molar-refractivity contribution in [1.82, 2.24) is 5.32 Å². The largest absolute Gasteiger partial charge is 0.443 e. The molecule has 3 N–H and O–H groups in total. The molecule has 14 heavy (non-hydrogen) atoms. The summed E-state index contributed by atoms with van der Waals surface area (Å²) in [6, 6.07) is 0. The molecule has 1 atom stereocenters. The SMILES string of the molecule is O=C1NCCCC1C(O)(O)C(F)(F)F. The molecule has 0 radical (unpaired) electrons. The second-order valence-electron chi connectivity index (χ2n) is 3.21. The Morgan fingerprint density at radius 3 is 2.36 bits per heavy atom. The summed E-state index contributed by atoms with van der Waals surface area (Å²) in [4.78, 5) is 11.0. The Morgan fingerprint density at radius 2 is 1.93 bits per heavy atom. The Balaban J connectivity index is 2.85. The van der Waals surface area contributed by atoms with E-state index in [9.17, 15) is 18.0 Å². The van der Waals surface area contributed by atoms with Crippen molar-refractivity contribution in [1.29, 1.82) is 0 Å². The van der Waals surface area contributed by atoms with Gasteiger partial charge in [0.05, 0.1) is 0 Å². The standard InChI is InChI=1S/C7H10F3NO3/c8-7(9,10)6(13,14)4-2-1-3-11-5(4)12/h4,13-14H,1-3H2,(H,11,12). The smallest absolute Gasteiger partial charge is 0.358 e. The lowest BCUT2D eigenvalue weighted by molar-refractivity contribution is -0.365. The zero-order chi connectivity index (χ0) is 11.0. The second-order valence-corrected chi connectivity index (χ2v) is 3.21. The first-order chi connectivity index (χ1) is 6.27. The molecule has 1 unspecified atom stereocenters. The normalized spacial score (nSPS) is 24.6. The molecule has 1 amide bonds. The van der Waals surface area contributed by atoms with Crippen LogP contribution in [0.1, 0.15) is 12.8 Å². The first-order valence-corrected chi connectivity index (χ1v) is 4.06. The van der Waals surface area contributed by atoms with Crippen LogP contribution in [-0.2, 0) is 4.79 Å². The number of alkyl halides is 3. The minimum Gasteiger partial charge on any atom is -0.358 e. The Bertz CT molecular complexity index is 239. The number of amides is 1. The third-order valence-corrected chi connectivity index (χ3v) is 2.19. The molecule has 1 heterocycles. The van der Waals surface area contributed by atoms with Gasteiger partial charge in [0.1, 0.15) is 5.92 Å². The van der Waals surface area contributed by atoms with Crippen molar-refractivity contribution in [3.05, 3.63) is 0 Å². The molecule has 82 valence electrons. The Labute approximate surface area is 77.7 Å². The fourth-order valence-electron chi connectivity index (χ4n) is 1.35. The number of hydrogen-bond acceptors (Lipinski definition) is 3. The molecule has 4 nitrogen and oxygen atoms in total. The van der Waals surface area contributed by atoms with Gasteiger partial charge in [0, 0.05) is 6.54 Å². The quantitative estimate of drug-likeness (QED) is 0.526. The predicted molar refractivity (Wildman–Crippen MR) is 39.0 cm³/mol. The zero-order valence-corrected chi connectivity index (χ0v) is 7.14. The summed E-state index contributed by atoms with van der Waals surface area (Å²) in [6.07, 6.45) is -5.10. The molecule has 0 aliphatic carbocycles. The molecule has 1 aliphatic heterocycles. The summed E-state index contributed by atoms with van der Waals surface area (Å²) in [7, 11) is 0. The van der Waals surface area contributed by atoms with Crippen molar-refractivity contribution in [3.63, 3.8) is 0 Å². The third-order valence-electron chi connectivity index (χ3n) is 2.19. The average Bonchev–Trinajstić information content (AvgIpc) is 2.02. The van der Waals surface area contributed by atoms with Gasteiger partial charge >= 0.3 is 6.18 Å². The maximum atomic E-state index is 12.1. The number of piperidine rings is 1. The van der Waals surface area contributed by atoms with Crippen LogP contribution in [-0.4, -0.2) is 34.6 Å². The summed E-state index contributed by atoms with van der Waals surface area (Å²) >= 11 is 0. The van der Waals surface area contributed by atoms with Gasteiger partial charge in [-0.05, 0) is 12.8 Å². The highest BCUT2D eigenvalue weighted by Crippen LogP contribution is 2.37. The highest BCUT2D eigenvalue weighted by atomic mass is 19.4. The van der Waals surface area contributed by atoms with Crippen LogP contribution in [0.2, 0.25) is 0 Å². The lowest BCUT2D eigenvalue weighted by atomic mass is 9.89. The molecule has 1 rings (SSSR count). The molecule has 1 aliphatic rings. The highest BCUT2D eigenvalue weighted by Gasteiger charge is 2.60. The second kappa shape index (κ2) is 3.39. The highest BCUT2D eigenvalue weighted by molar-refractivity contribution is 5.80. The van der Waals surface area contributed by atoms with Gasteiger partial charge in [-0.3, -0.25) is 4.79 Å². The number of carbonyl (C=O) groups is 1. The maximum Gasteiger partial charge on any atom is 0.443 e. The van der Waals surface area contributed by atoms with Crippen molar-refractivity contribution < 1.29 is 28.2 Å². The van der Waals surface area contributed by atoms with Crippen LogP contribution in [0.5, 0.6) is 0 Å². The summed E-state index contributed by atoms with van der Waals surface area (Å²) in [5.41, 5.74) is 0. The van der Waals surface area contributed by atoms with Crippen LogP contribution in [0.3, 0.4) is 0 Å². The number of nitrogens with one attached hydrogen (secondary N) is 1. The average molecular weight is 213 g/mol. The van der Waals surface area contributed by atoms with Crippen molar-refractivity contribution in [3.8, 4) is 0 Å². The lowest BCUT2D eigenvalue weighted by Crippen LogP contribution is -2.57. The van der Waals surface area contributed by atoms with E-state index in [1.54, 1.807) is 0 Å². The van der Waals surface area contributed by atoms with Crippen molar-refractivity contribution in [2.45, 2.75) is 24.8 Å². The van der Waals surface area contributed by atoms with Gasteiger partial charge in [0.2, 0.25) is 5.91 Å². The molecular formula is C7H10F3NO3. The molecule has 0 saturated carbocycles. The maximum absolute atomic E-state index is 12.1. The van der Waals surface area contributed by atoms with E-state index in [0.717, 1.165) is 0 Å². The van der Waals surface area contributed by atoms with Crippen LogP contribution in [0.15, 0.2) is 0 Å². The number of hydrogen-bond donors (Lipinski definition) is 3. The van der Waals surface area contributed by atoms with Gasteiger partial charge in [0.15, 0.2) is 0 Å². The number of carbonyl (C=O) groups excluding carboxylic acids is 1. The van der Waals surface area contributed by atoms with E-state index >= 15 is 0 Å². The van der Waals surface area contributed by atoms with Crippen LogP contribution < -0.4 is 5.32 Å². The Kier molecular flexibility index (Phi) is 2.73. The van der Waals surface area contributed by atoms with Crippen LogP contribution in [0, 0.1) is 5.92 Å². The van der Waals surface area contributed by atoms with Gasteiger partial charge in [-0.15, -0.1) is 0 Å².